The predicted molar refractivity (Wildman–Crippen MR) is 118 cm³/mol. The Morgan fingerprint density at radius 2 is 2.13 bits per heavy atom. The highest BCUT2D eigenvalue weighted by Crippen LogP contribution is 2.49. The van der Waals surface area contributed by atoms with Crippen LogP contribution in [0.5, 0.6) is 0 Å². The molecule has 4 heterocycles. The number of nitriles is 1. The first-order valence-corrected chi connectivity index (χ1v) is 11.2. The fourth-order valence-electron chi connectivity index (χ4n) is 5.87. The van der Waals surface area contributed by atoms with Gasteiger partial charge in [0, 0.05) is 47.2 Å². The molecular weight excluding hydrogens is 388 g/mol. The minimum atomic E-state index is -0.413. The zero-order valence-corrected chi connectivity index (χ0v) is 18.0. The number of nitrogens with zero attached hydrogens (tertiary/aromatic N) is 5. The number of rotatable bonds is 5. The summed E-state index contributed by atoms with van der Waals surface area (Å²) in [5.41, 5.74) is 9.25. The normalized spacial score (nSPS) is 26.4. The molecule has 1 amide bonds. The van der Waals surface area contributed by atoms with Gasteiger partial charge in [-0.3, -0.25) is 4.79 Å². The molecule has 2 bridgehead atoms. The van der Waals surface area contributed by atoms with Gasteiger partial charge >= 0.3 is 0 Å². The molecule has 5 rings (SSSR count). The number of hydrogen-bond donors (Lipinski definition) is 1. The molecule has 1 aromatic heterocycles. The number of hydrogen-bond acceptors (Lipinski definition) is 6. The first-order chi connectivity index (χ1) is 15.0. The molecule has 0 spiro atoms. The highest BCUT2D eigenvalue weighted by Gasteiger charge is 2.52. The summed E-state index contributed by atoms with van der Waals surface area (Å²) < 4.78 is 0. The Hall–Kier alpha value is -3.14. The molecular formula is C24H28N6O. The van der Waals surface area contributed by atoms with Gasteiger partial charge in [-0.15, -0.1) is 0 Å². The minimum Gasteiger partial charge on any atom is -0.366 e. The lowest BCUT2D eigenvalue weighted by Gasteiger charge is -2.34. The molecule has 2 fully saturated rings. The smallest absolute Gasteiger partial charge is 0.248 e. The molecule has 31 heavy (non-hydrogen) atoms. The Morgan fingerprint density at radius 3 is 2.84 bits per heavy atom. The average molecular weight is 417 g/mol. The largest absolute Gasteiger partial charge is 0.366 e. The molecule has 2 saturated heterocycles. The Balaban J connectivity index is 1.56. The van der Waals surface area contributed by atoms with Crippen LogP contribution in [-0.4, -0.2) is 38.9 Å². The van der Waals surface area contributed by atoms with Crippen LogP contribution in [0.3, 0.4) is 0 Å². The molecule has 0 radical (unpaired) electrons. The fraction of sp³-hybridized carbons (Fsp3) is 0.500. The summed E-state index contributed by atoms with van der Waals surface area (Å²) in [6.07, 6.45) is 9.16. The van der Waals surface area contributed by atoms with E-state index in [1.807, 2.05) is 29.3 Å². The van der Waals surface area contributed by atoms with Crippen LogP contribution in [0, 0.1) is 23.3 Å². The maximum atomic E-state index is 11.8. The van der Waals surface area contributed by atoms with Crippen molar-refractivity contribution in [1.29, 1.82) is 5.26 Å². The molecule has 7 nitrogen and oxygen atoms in total. The second kappa shape index (κ2) is 7.52. The van der Waals surface area contributed by atoms with E-state index in [4.69, 9.17) is 10.7 Å². The summed E-state index contributed by atoms with van der Waals surface area (Å²) in [5.74, 6) is 1.17. The summed E-state index contributed by atoms with van der Waals surface area (Å²) in [6, 6.07) is 8.45. The van der Waals surface area contributed by atoms with Crippen LogP contribution >= 0.6 is 0 Å². The summed E-state index contributed by atoms with van der Waals surface area (Å²) in [4.78, 5) is 25.6. The van der Waals surface area contributed by atoms with Gasteiger partial charge in [0.05, 0.1) is 0 Å². The first-order valence-electron chi connectivity index (χ1n) is 11.2. The Bertz CT molecular complexity index is 1060. The van der Waals surface area contributed by atoms with E-state index in [0.29, 0.717) is 29.4 Å². The van der Waals surface area contributed by atoms with E-state index in [9.17, 15) is 10.1 Å². The van der Waals surface area contributed by atoms with Crippen LogP contribution in [0.15, 0.2) is 30.5 Å². The summed E-state index contributed by atoms with van der Waals surface area (Å²) in [7, 11) is 0. The second-order valence-corrected chi connectivity index (χ2v) is 9.50. The van der Waals surface area contributed by atoms with Gasteiger partial charge in [-0.05, 0) is 67.9 Å². The monoisotopic (exact) mass is 416 g/mol. The van der Waals surface area contributed by atoms with E-state index < -0.39 is 5.91 Å². The van der Waals surface area contributed by atoms with Crippen LogP contribution in [0.4, 0.5) is 11.6 Å². The lowest BCUT2D eigenvalue weighted by atomic mass is 9.82. The number of primary amides is 1. The van der Waals surface area contributed by atoms with Gasteiger partial charge in [-0.1, -0.05) is 13.8 Å². The third-order valence-electron chi connectivity index (χ3n) is 7.11. The topological polar surface area (TPSA) is 99.1 Å². The molecule has 3 aliphatic heterocycles. The number of nitrogens with two attached hydrogens (primary N) is 1. The van der Waals surface area contributed by atoms with Gasteiger partial charge in [0.2, 0.25) is 11.9 Å². The lowest BCUT2D eigenvalue weighted by Crippen LogP contribution is -2.41. The van der Waals surface area contributed by atoms with Crippen molar-refractivity contribution in [3.8, 4) is 6.19 Å². The van der Waals surface area contributed by atoms with E-state index in [2.05, 4.69) is 29.9 Å². The number of fused-ring (bicyclic) bond motifs is 3. The average Bonchev–Trinajstić information content (AvgIpc) is 3.42. The van der Waals surface area contributed by atoms with E-state index in [1.54, 1.807) is 6.07 Å². The summed E-state index contributed by atoms with van der Waals surface area (Å²) in [5, 5.41) is 9.67. The van der Waals surface area contributed by atoms with E-state index >= 15 is 0 Å². The van der Waals surface area contributed by atoms with E-state index in [-0.39, 0.29) is 12.1 Å². The first kappa shape index (κ1) is 19.8. The van der Waals surface area contributed by atoms with Crippen LogP contribution in [0.25, 0.3) is 0 Å². The van der Waals surface area contributed by atoms with Gasteiger partial charge in [-0.25, -0.2) is 9.97 Å². The molecule has 4 atom stereocenters. The minimum absolute atomic E-state index is 0.165. The van der Waals surface area contributed by atoms with Crippen molar-refractivity contribution in [2.75, 3.05) is 4.90 Å². The molecule has 4 unspecified atom stereocenters. The van der Waals surface area contributed by atoms with E-state index in [1.165, 1.54) is 0 Å². The van der Waals surface area contributed by atoms with Crippen molar-refractivity contribution < 1.29 is 4.79 Å². The van der Waals surface area contributed by atoms with E-state index in [0.717, 1.165) is 49.0 Å². The van der Waals surface area contributed by atoms with Crippen molar-refractivity contribution in [1.82, 2.24) is 14.9 Å². The van der Waals surface area contributed by atoms with Crippen LogP contribution in [0.2, 0.25) is 0 Å². The number of amides is 1. The van der Waals surface area contributed by atoms with Crippen molar-refractivity contribution in [2.24, 2.45) is 17.6 Å². The Kier molecular flexibility index (Phi) is 4.81. The summed E-state index contributed by atoms with van der Waals surface area (Å²) in [6.45, 7) is 4.37. The Labute approximate surface area is 182 Å². The molecule has 2 aromatic rings. The van der Waals surface area contributed by atoms with Crippen LogP contribution < -0.4 is 10.6 Å². The molecule has 0 saturated carbocycles. The third-order valence-corrected chi connectivity index (χ3v) is 7.11. The summed E-state index contributed by atoms with van der Waals surface area (Å²) >= 11 is 0. The standard InChI is InChI=1S/C24H28N6O/c1-14(2)9-17-7-8-27-24(28-17)30-20-5-3-15(23(26)31)10-16(20)11-22(30)19-12-18-4-6-21(19)29(18)13-25/h3,5,7-8,10,14,18-19,21-22H,4,6,9,11-12H2,1-2H3,(H2,26,31). The number of anilines is 2. The maximum Gasteiger partial charge on any atom is 0.248 e. The fourth-order valence-corrected chi connectivity index (χ4v) is 5.87. The molecule has 1 aromatic carbocycles. The van der Waals surface area contributed by atoms with Gasteiger partial charge in [0.1, 0.15) is 0 Å². The van der Waals surface area contributed by atoms with Gasteiger partial charge in [0.15, 0.2) is 6.19 Å². The zero-order valence-electron chi connectivity index (χ0n) is 18.0. The van der Waals surface area contributed by atoms with Crippen LogP contribution in [0.1, 0.15) is 54.7 Å². The molecule has 7 heteroatoms. The number of carbonyl (C=O) groups excluding carboxylic acids is 1. The number of carbonyl (C=O) groups is 1. The second-order valence-electron chi connectivity index (χ2n) is 9.50. The van der Waals surface area contributed by atoms with Crippen molar-refractivity contribution in [3.05, 3.63) is 47.3 Å². The lowest BCUT2D eigenvalue weighted by molar-refractivity contribution is 0.1000. The van der Waals surface area contributed by atoms with Crippen LogP contribution in [-0.2, 0) is 12.8 Å². The van der Waals surface area contributed by atoms with Gasteiger partial charge in [-0.2, -0.15) is 5.26 Å². The molecule has 3 aliphatic rings. The van der Waals surface area contributed by atoms with Crippen molar-refractivity contribution in [2.45, 2.75) is 64.1 Å². The number of aromatic nitrogens is 2. The highest BCUT2D eigenvalue weighted by atomic mass is 16.1. The van der Waals surface area contributed by atoms with Gasteiger partial charge in [0.25, 0.3) is 0 Å². The quantitative estimate of drug-likeness (QED) is 0.752. The Morgan fingerprint density at radius 1 is 1.29 bits per heavy atom. The number of benzene rings is 1. The van der Waals surface area contributed by atoms with Gasteiger partial charge < -0.3 is 15.5 Å². The zero-order chi connectivity index (χ0) is 21.7. The molecule has 0 aliphatic carbocycles. The molecule has 2 N–H and O–H groups in total. The predicted octanol–water partition coefficient (Wildman–Crippen LogP) is 3.17. The molecule has 160 valence electrons. The maximum absolute atomic E-state index is 11.8. The van der Waals surface area contributed by atoms with Crippen molar-refractivity contribution in [3.63, 3.8) is 0 Å². The van der Waals surface area contributed by atoms with Crippen molar-refractivity contribution >= 4 is 17.5 Å². The highest BCUT2D eigenvalue weighted by molar-refractivity contribution is 5.94. The third kappa shape index (κ3) is 3.31. The SMILES string of the molecule is CC(C)Cc1ccnc(N2c3ccc(C(N)=O)cc3CC2C2CC3CCC2N3C#N)n1.